The monoisotopic (exact) mass is 247 g/mol. The minimum atomic E-state index is -0.132. The van der Waals surface area contributed by atoms with Gasteiger partial charge in [-0.15, -0.1) is 0 Å². The highest BCUT2D eigenvalue weighted by atomic mass is 16.5. The first-order valence-corrected chi connectivity index (χ1v) is 6.82. The van der Waals surface area contributed by atoms with Gasteiger partial charge in [0.2, 0.25) is 0 Å². The summed E-state index contributed by atoms with van der Waals surface area (Å²) in [5.41, 5.74) is 2.13. The summed E-state index contributed by atoms with van der Waals surface area (Å²) in [6.45, 7) is 3.39. The van der Waals surface area contributed by atoms with Crippen LogP contribution in [0.25, 0.3) is 0 Å². The van der Waals surface area contributed by atoms with Crippen molar-refractivity contribution in [2.45, 2.75) is 38.5 Å². The van der Waals surface area contributed by atoms with Gasteiger partial charge in [0.1, 0.15) is 5.92 Å². The number of carbonyl (C=O) groups is 1. The molecule has 0 bridgehead atoms. The topological polar surface area (TPSA) is 38.3 Å². The Kier molecular flexibility index (Phi) is 4.62. The lowest BCUT2D eigenvalue weighted by Gasteiger charge is -2.10. The van der Waals surface area contributed by atoms with Crippen LogP contribution >= 0.6 is 0 Å². The molecule has 0 fully saturated rings. The van der Waals surface area contributed by atoms with E-state index in [1.165, 1.54) is 12.8 Å². The second kappa shape index (κ2) is 6.43. The highest BCUT2D eigenvalue weighted by Gasteiger charge is 2.29. The smallest absolute Gasteiger partial charge is 0.315 e. The van der Waals surface area contributed by atoms with Crippen molar-refractivity contribution in [1.29, 1.82) is 0 Å². The lowest BCUT2D eigenvalue weighted by Crippen LogP contribution is -2.18. The second-order valence-corrected chi connectivity index (χ2v) is 4.75. The van der Waals surface area contributed by atoms with E-state index in [1.54, 1.807) is 0 Å². The van der Waals surface area contributed by atoms with Gasteiger partial charge in [0, 0.05) is 12.2 Å². The zero-order valence-electron chi connectivity index (χ0n) is 10.9. The number of para-hydroxylation sites is 1. The van der Waals surface area contributed by atoms with Crippen molar-refractivity contribution in [2.75, 3.05) is 18.5 Å². The maximum Gasteiger partial charge on any atom is 0.315 e. The molecule has 1 atom stereocenters. The van der Waals surface area contributed by atoms with Crippen LogP contribution in [-0.2, 0) is 9.53 Å². The van der Waals surface area contributed by atoms with Crippen LogP contribution in [0.5, 0.6) is 0 Å². The summed E-state index contributed by atoms with van der Waals surface area (Å²) in [7, 11) is 0. The van der Waals surface area contributed by atoms with Gasteiger partial charge < -0.3 is 10.1 Å². The maximum atomic E-state index is 12.0. The molecule has 0 spiro atoms. The number of fused-ring (bicyclic) bond motifs is 1. The molecule has 2 rings (SSSR count). The molecule has 3 nitrogen and oxygen atoms in total. The van der Waals surface area contributed by atoms with Crippen molar-refractivity contribution in [3.63, 3.8) is 0 Å². The molecule has 3 heteroatoms. The zero-order valence-corrected chi connectivity index (χ0v) is 10.9. The van der Waals surface area contributed by atoms with Crippen molar-refractivity contribution in [1.82, 2.24) is 0 Å². The van der Waals surface area contributed by atoms with E-state index in [1.807, 2.05) is 24.3 Å². The molecule has 0 radical (unpaired) electrons. The van der Waals surface area contributed by atoms with Gasteiger partial charge in [-0.05, 0) is 18.1 Å². The highest BCUT2D eigenvalue weighted by Crippen LogP contribution is 2.31. The Balaban J connectivity index is 1.80. The van der Waals surface area contributed by atoms with E-state index < -0.39 is 0 Å². The number of hydrogen-bond donors (Lipinski definition) is 1. The fourth-order valence-electron chi connectivity index (χ4n) is 2.30. The molecule has 18 heavy (non-hydrogen) atoms. The Labute approximate surface area is 109 Å². The normalized spacial score (nSPS) is 17.1. The third-order valence-electron chi connectivity index (χ3n) is 3.36. The van der Waals surface area contributed by atoms with E-state index in [0.717, 1.165) is 24.1 Å². The number of nitrogens with one attached hydrogen (secondary N) is 1. The quantitative estimate of drug-likeness (QED) is 0.619. The number of anilines is 1. The Morgan fingerprint density at radius 3 is 3.00 bits per heavy atom. The van der Waals surface area contributed by atoms with E-state index >= 15 is 0 Å². The standard InChI is InChI=1S/C15H21NO2/c1-2-3-4-7-10-18-15(17)13-11-16-14-9-6-5-8-12(13)14/h5-6,8-9,13,16H,2-4,7,10-11H2,1H3. The maximum absolute atomic E-state index is 12.0. The molecule has 0 amide bonds. The van der Waals surface area contributed by atoms with Crippen molar-refractivity contribution < 1.29 is 9.53 Å². The van der Waals surface area contributed by atoms with Gasteiger partial charge in [0.05, 0.1) is 6.61 Å². The highest BCUT2D eigenvalue weighted by molar-refractivity contribution is 5.83. The van der Waals surface area contributed by atoms with E-state index in [-0.39, 0.29) is 11.9 Å². The molecule has 1 aromatic rings. The van der Waals surface area contributed by atoms with Crippen LogP contribution in [0.15, 0.2) is 24.3 Å². The SMILES string of the molecule is CCCCCCOC(=O)C1CNc2ccccc21. The van der Waals surface area contributed by atoms with Crippen LogP contribution in [-0.4, -0.2) is 19.1 Å². The number of rotatable bonds is 6. The van der Waals surface area contributed by atoms with E-state index in [9.17, 15) is 4.79 Å². The average Bonchev–Trinajstić information content (AvgIpc) is 2.82. The lowest BCUT2D eigenvalue weighted by atomic mass is 10.0. The lowest BCUT2D eigenvalue weighted by molar-refractivity contribution is -0.145. The summed E-state index contributed by atoms with van der Waals surface area (Å²) in [5, 5.41) is 3.24. The van der Waals surface area contributed by atoms with E-state index in [2.05, 4.69) is 12.2 Å². The summed E-state index contributed by atoms with van der Waals surface area (Å²) in [6.07, 6.45) is 4.53. The average molecular weight is 247 g/mol. The van der Waals surface area contributed by atoms with Crippen LogP contribution in [0.3, 0.4) is 0 Å². The number of benzene rings is 1. The molecule has 1 aliphatic rings. The molecule has 0 saturated heterocycles. The minimum absolute atomic E-state index is 0.0936. The molecule has 1 heterocycles. The molecule has 0 aromatic heterocycles. The van der Waals surface area contributed by atoms with Crippen molar-refractivity contribution in [3.05, 3.63) is 29.8 Å². The van der Waals surface area contributed by atoms with Crippen molar-refractivity contribution >= 4 is 11.7 Å². The molecule has 1 unspecified atom stereocenters. The fourth-order valence-corrected chi connectivity index (χ4v) is 2.30. The minimum Gasteiger partial charge on any atom is -0.465 e. The zero-order chi connectivity index (χ0) is 12.8. The number of esters is 1. The molecule has 1 aromatic carbocycles. The number of hydrogen-bond acceptors (Lipinski definition) is 3. The number of unbranched alkanes of at least 4 members (excludes halogenated alkanes) is 3. The molecule has 1 N–H and O–H groups in total. The molecule has 1 aliphatic heterocycles. The Morgan fingerprint density at radius 1 is 1.33 bits per heavy atom. The molecular weight excluding hydrogens is 226 g/mol. The third-order valence-corrected chi connectivity index (χ3v) is 3.36. The summed E-state index contributed by atoms with van der Waals surface area (Å²) >= 11 is 0. The summed E-state index contributed by atoms with van der Waals surface area (Å²) in [5.74, 6) is -0.226. The molecule has 98 valence electrons. The van der Waals surface area contributed by atoms with Crippen LogP contribution in [0, 0.1) is 0 Å². The Morgan fingerprint density at radius 2 is 2.17 bits per heavy atom. The van der Waals surface area contributed by atoms with Gasteiger partial charge in [0.25, 0.3) is 0 Å². The summed E-state index contributed by atoms with van der Waals surface area (Å²) in [6, 6.07) is 7.94. The van der Waals surface area contributed by atoms with Gasteiger partial charge in [-0.1, -0.05) is 44.4 Å². The first-order chi connectivity index (χ1) is 8.83. The van der Waals surface area contributed by atoms with E-state index in [0.29, 0.717) is 13.2 Å². The van der Waals surface area contributed by atoms with Crippen molar-refractivity contribution in [2.24, 2.45) is 0 Å². The van der Waals surface area contributed by atoms with E-state index in [4.69, 9.17) is 4.74 Å². The van der Waals surface area contributed by atoms with Gasteiger partial charge in [-0.25, -0.2) is 0 Å². The molecule has 0 saturated carbocycles. The fraction of sp³-hybridized carbons (Fsp3) is 0.533. The van der Waals surface area contributed by atoms with Crippen LogP contribution in [0.2, 0.25) is 0 Å². The first-order valence-electron chi connectivity index (χ1n) is 6.82. The third kappa shape index (κ3) is 3.03. The largest absolute Gasteiger partial charge is 0.465 e. The van der Waals surface area contributed by atoms with Crippen LogP contribution < -0.4 is 5.32 Å². The number of carbonyl (C=O) groups excluding carboxylic acids is 1. The predicted octanol–water partition coefficient (Wildman–Crippen LogP) is 3.32. The predicted molar refractivity (Wildman–Crippen MR) is 72.8 cm³/mol. The van der Waals surface area contributed by atoms with Crippen LogP contribution in [0.4, 0.5) is 5.69 Å². The van der Waals surface area contributed by atoms with Gasteiger partial charge >= 0.3 is 5.97 Å². The van der Waals surface area contributed by atoms with Gasteiger partial charge in [0.15, 0.2) is 0 Å². The van der Waals surface area contributed by atoms with Gasteiger partial charge in [-0.3, -0.25) is 4.79 Å². The van der Waals surface area contributed by atoms with Gasteiger partial charge in [-0.2, -0.15) is 0 Å². The summed E-state index contributed by atoms with van der Waals surface area (Å²) in [4.78, 5) is 12.0. The van der Waals surface area contributed by atoms with Crippen LogP contribution in [0.1, 0.15) is 44.1 Å². The van der Waals surface area contributed by atoms with Crippen molar-refractivity contribution in [3.8, 4) is 0 Å². The number of ether oxygens (including phenoxy) is 1. The Bertz CT molecular complexity index is 403. The molecule has 0 aliphatic carbocycles. The Hall–Kier alpha value is -1.51. The molecular formula is C15H21NO2. The summed E-state index contributed by atoms with van der Waals surface area (Å²) < 4.78 is 5.35. The first kappa shape index (κ1) is 12.9. The second-order valence-electron chi connectivity index (χ2n) is 4.75.